The van der Waals surface area contributed by atoms with Crippen molar-refractivity contribution in [2.75, 3.05) is 40.5 Å². The molecule has 0 spiro atoms. The normalized spacial score (nSPS) is 15.2. The van der Waals surface area contributed by atoms with Gasteiger partial charge in [-0.25, -0.2) is 0 Å². The highest BCUT2D eigenvalue weighted by Gasteiger charge is 2.33. The zero-order valence-corrected chi connectivity index (χ0v) is 20.8. The molecule has 1 aliphatic carbocycles. The van der Waals surface area contributed by atoms with Gasteiger partial charge in [-0.15, -0.1) is 24.0 Å². The number of rotatable bonds is 11. The summed E-state index contributed by atoms with van der Waals surface area (Å²) in [6.07, 6.45) is 6.03. The molecule has 170 valence electrons. The van der Waals surface area contributed by atoms with E-state index in [9.17, 15) is 4.79 Å². The number of carbonyl (C=O) groups is 1. The summed E-state index contributed by atoms with van der Waals surface area (Å²) >= 11 is 0. The molecule has 0 heterocycles. The Balaban J connectivity index is 0.00000450. The van der Waals surface area contributed by atoms with Crippen LogP contribution in [0.3, 0.4) is 0 Å². The summed E-state index contributed by atoms with van der Waals surface area (Å²) in [7, 11) is 3.36. The number of hydrogen-bond acceptors (Lipinski definition) is 4. The van der Waals surface area contributed by atoms with E-state index in [-0.39, 0.29) is 41.8 Å². The van der Waals surface area contributed by atoms with E-state index in [0.29, 0.717) is 12.5 Å². The first-order chi connectivity index (χ1) is 14.1. The summed E-state index contributed by atoms with van der Waals surface area (Å²) in [4.78, 5) is 16.4. The van der Waals surface area contributed by atoms with E-state index in [2.05, 4.69) is 20.9 Å². The molecule has 0 atom stereocenters. The second-order valence-electron chi connectivity index (χ2n) is 7.56. The Morgan fingerprint density at radius 1 is 1.13 bits per heavy atom. The van der Waals surface area contributed by atoms with Gasteiger partial charge in [-0.3, -0.25) is 9.79 Å². The third-order valence-corrected chi connectivity index (χ3v) is 5.56. The van der Waals surface area contributed by atoms with Crippen LogP contribution in [0.15, 0.2) is 29.3 Å². The minimum absolute atomic E-state index is 0. The Bertz CT molecular complexity index is 646. The molecule has 0 bridgehead atoms. The number of amides is 1. The monoisotopic (exact) mass is 532 g/mol. The van der Waals surface area contributed by atoms with Crippen molar-refractivity contribution in [1.29, 1.82) is 0 Å². The maximum Gasteiger partial charge on any atom is 0.239 e. The van der Waals surface area contributed by atoms with E-state index in [0.717, 1.165) is 37.5 Å². The fraction of sp³-hybridized carbons (Fsp3) is 0.636. The van der Waals surface area contributed by atoms with Crippen molar-refractivity contribution in [3.05, 3.63) is 29.8 Å². The Labute approximate surface area is 197 Å². The number of hydrogen-bond donors (Lipinski definition) is 3. The summed E-state index contributed by atoms with van der Waals surface area (Å²) < 4.78 is 10.7. The third kappa shape index (κ3) is 9.07. The van der Waals surface area contributed by atoms with Crippen LogP contribution in [0.4, 0.5) is 0 Å². The van der Waals surface area contributed by atoms with Crippen LogP contribution in [-0.2, 0) is 16.1 Å². The molecule has 0 unspecified atom stereocenters. The van der Waals surface area contributed by atoms with E-state index < -0.39 is 0 Å². The molecule has 3 N–H and O–H groups in total. The van der Waals surface area contributed by atoms with E-state index in [1.165, 1.54) is 25.7 Å². The Morgan fingerprint density at radius 3 is 2.43 bits per heavy atom. The van der Waals surface area contributed by atoms with Gasteiger partial charge in [-0.05, 0) is 49.3 Å². The highest BCUT2D eigenvalue weighted by molar-refractivity contribution is 14.0. The van der Waals surface area contributed by atoms with Crippen LogP contribution in [0, 0.1) is 5.41 Å². The average molecular weight is 532 g/mol. The Hall–Kier alpha value is -1.55. The molecule has 0 radical (unpaired) electrons. The molecule has 1 amide bonds. The lowest BCUT2D eigenvalue weighted by molar-refractivity contribution is -0.120. The lowest BCUT2D eigenvalue weighted by atomic mass is 9.83. The number of benzene rings is 1. The van der Waals surface area contributed by atoms with Gasteiger partial charge in [0.15, 0.2) is 5.96 Å². The van der Waals surface area contributed by atoms with Crippen molar-refractivity contribution in [3.8, 4) is 5.75 Å². The number of guanidine groups is 1. The van der Waals surface area contributed by atoms with Crippen LogP contribution in [0.25, 0.3) is 0 Å². The van der Waals surface area contributed by atoms with Crippen LogP contribution in [0.5, 0.6) is 5.75 Å². The fourth-order valence-electron chi connectivity index (χ4n) is 3.74. The predicted molar refractivity (Wildman–Crippen MR) is 132 cm³/mol. The average Bonchev–Trinajstić information content (AvgIpc) is 3.22. The van der Waals surface area contributed by atoms with E-state index >= 15 is 0 Å². The highest BCUT2D eigenvalue weighted by atomic mass is 127. The summed E-state index contributed by atoms with van der Waals surface area (Å²) in [5.74, 6) is 1.39. The molecule has 30 heavy (non-hydrogen) atoms. The van der Waals surface area contributed by atoms with Crippen LogP contribution in [-0.4, -0.2) is 52.3 Å². The lowest BCUT2D eigenvalue weighted by Crippen LogP contribution is -2.46. The topological polar surface area (TPSA) is 84.0 Å². The van der Waals surface area contributed by atoms with Crippen LogP contribution >= 0.6 is 24.0 Å². The number of nitrogens with one attached hydrogen (secondary N) is 3. The van der Waals surface area contributed by atoms with Crippen LogP contribution in [0.1, 0.15) is 44.6 Å². The first kappa shape index (κ1) is 26.5. The SMILES string of the molecule is CCOCCC1(CNC(=NC)NCC(=O)NCc2ccc(OC)cc2)CCCC1.I. The third-order valence-electron chi connectivity index (χ3n) is 5.56. The Kier molecular flexibility index (Phi) is 12.8. The summed E-state index contributed by atoms with van der Waals surface area (Å²) in [6, 6.07) is 7.65. The number of carbonyl (C=O) groups excluding carboxylic acids is 1. The van der Waals surface area contributed by atoms with E-state index in [4.69, 9.17) is 9.47 Å². The van der Waals surface area contributed by atoms with Crippen molar-refractivity contribution >= 4 is 35.8 Å². The van der Waals surface area contributed by atoms with Crippen LogP contribution < -0.4 is 20.7 Å². The zero-order valence-electron chi connectivity index (χ0n) is 18.5. The van der Waals surface area contributed by atoms with Gasteiger partial charge in [0.1, 0.15) is 5.75 Å². The summed E-state index contributed by atoms with van der Waals surface area (Å²) in [5.41, 5.74) is 1.29. The van der Waals surface area contributed by atoms with Gasteiger partial charge in [0.2, 0.25) is 5.91 Å². The molecule has 1 aliphatic rings. The maximum absolute atomic E-state index is 12.2. The number of aliphatic imine (C=N–C) groups is 1. The molecular weight excluding hydrogens is 495 g/mol. The minimum atomic E-state index is -0.0734. The van der Waals surface area contributed by atoms with Crippen molar-refractivity contribution in [1.82, 2.24) is 16.0 Å². The van der Waals surface area contributed by atoms with Gasteiger partial charge in [-0.2, -0.15) is 0 Å². The zero-order chi connectivity index (χ0) is 21.0. The number of ether oxygens (including phenoxy) is 2. The molecule has 0 saturated heterocycles. The molecular formula is C22H37IN4O3. The van der Waals surface area contributed by atoms with Gasteiger partial charge in [0, 0.05) is 33.4 Å². The molecule has 1 fully saturated rings. The van der Waals surface area contributed by atoms with Crippen molar-refractivity contribution < 1.29 is 14.3 Å². The first-order valence-electron chi connectivity index (χ1n) is 10.5. The Morgan fingerprint density at radius 2 is 1.83 bits per heavy atom. The molecule has 1 aromatic rings. The summed E-state index contributed by atoms with van der Waals surface area (Å²) in [5, 5.41) is 9.43. The molecule has 7 nitrogen and oxygen atoms in total. The van der Waals surface area contributed by atoms with Crippen molar-refractivity contribution in [2.24, 2.45) is 10.4 Å². The standard InChI is InChI=1S/C22H36N4O3.HI/c1-4-29-14-13-22(11-5-6-12-22)17-26-21(23-2)25-16-20(27)24-15-18-7-9-19(28-3)10-8-18;/h7-10H,4-6,11-17H2,1-3H3,(H,24,27)(H2,23,25,26);1H. The molecule has 0 aromatic heterocycles. The largest absolute Gasteiger partial charge is 0.497 e. The van der Waals surface area contributed by atoms with Gasteiger partial charge < -0.3 is 25.4 Å². The molecule has 2 rings (SSSR count). The highest BCUT2D eigenvalue weighted by Crippen LogP contribution is 2.40. The second kappa shape index (κ2) is 14.5. The van der Waals surface area contributed by atoms with Crippen molar-refractivity contribution in [3.63, 3.8) is 0 Å². The van der Waals surface area contributed by atoms with Gasteiger partial charge in [-0.1, -0.05) is 25.0 Å². The summed E-state index contributed by atoms with van der Waals surface area (Å²) in [6.45, 7) is 5.12. The molecule has 8 heteroatoms. The van der Waals surface area contributed by atoms with Gasteiger partial charge >= 0.3 is 0 Å². The number of methoxy groups -OCH3 is 1. The predicted octanol–water partition coefficient (Wildman–Crippen LogP) is 3.08. The fourth-order valence-corrected chi connectivity index (χ4v) is 3.74. The lowest BCUT2D eigenvalue weighted by Gasteiger charge is -2.30. The maximum atomic E-state index is 12.2. The number of halogens is 1. The van der Waals surface area contributed by atoms with E-state index in [1.807, 2.05) is 31.2 Å². The van der Waals surface area contributed by atoms with Crippen molar-refractivity contribution in [2.45, 2.75) is 45.6 Å². The molecule has 1 aromatic carbocycles. The van der Waals surface area contributed by atoms with Gasteiger partial charge in [0.05, 0.1) is 13.7 Å². The van der Waals surface area contributed by atoms with Crippen LogP contribution in [0.2, 0.25) is 0 Å². The van der Waals surface area contributed by atoms with E-state index in [1.54, 1.807) is 14.2 Å². The minimum Gasteiger partial charge on any atom is -0.497 e. The quantitative estimate of drug-likeness (QED) is 0.177. The molecule has 1 saturated carbocycles. The van der Waals surface area contributed by atoms with Gasteiger partial charge in [0.25, 0.3) is 0 Å². The molecule has 0 aliphatic heterocycles. The smallest absolute Gasteiger partial charge is 0.239 e. The second-order valence-corrected chi connectivity index (χ2v) is 7.56. The first-order valence-corrected chi connectivity index (χ1v) is 10.5. The number of nitrogens with zero attached hydrogens (tertiary/aromatic N) is 1.